The molecule has 0 aliphatic rings. The highest BCUT2D eigenvalue weighted by molar-refractivity contribution is 5.93. The molecule has 3 aromatic carbocycles. The number of carboxylic acid groups (broad SMARTS) is 3. The second kappa shape index (κ2) is 18.1. The molecule has 2 heterocycles. The smallest absolute Gasteiger partial charge is 0.490 e. The van der Waals surface area contributed by atoms with Crippen molar-refractivity contribution < 1.29 is 65.2 Å². The molecular weight excluding hydrogens is 747 g/mol. The second-order valence-corrected chi connectivity index (χ2v) is 11.4. The van der Waals surface area contributed by atoms with Gasteiger partial charge in [-0.15, -0.1) is 0 Å². The van der Waals surface area contributed by atoms with Gasteiger partial charge in [-0.2, -0.15) is 26.3 Å². The maximum Gasteiger partial charge on any atom is 0.490 e. The largest absolute Gasteiger partial charge is 0.491 e. The van der Waals surface area contributed by atoms with Crippen molar-refractivity contribution in [2.45, 2.75) is 51.6 Å². The van der Waals surface area contributed by atoms with Crippen molar-refractivity contribution in [1.29, 1.82) is 0 Å². The molecule has 5 rings (SSSR count). The van der Waals surface area contributed by atoms with Crippen LogP contribution in [0.15, 0.2) is 79.1 Å². The van der Waals surface area contributed by atoms with Crippen LogP contribution < -0.4 is 15.8 Å². The van der Waals surface area contributed by atoms with Crippen LogP contribution in [0.25, 0.3) is 22.0 Å². The van der Waals surface area contributed by atoms with Gasteiger partial charge < -0.3 is 35.7 Å². The molecule has 19 heteroatoms. The van der Waals surface area contributed by atoms with Crippen molar-refractivity contribution in [2.75, 3.05) is 17.7 Å². The van der Waals surface area contributed by atoms with Gasteiger partial charge in [0, 0.05) is 34.6 Å². The summed E-state index contributed by atoms with van der Waals surface area (Å²) in [5.74, 6) is -6.18. The summed E-state index contributed by atoms with van der Waals surface area (Å²) in [6.07, 6.45) is -6.18. The fourth-order valence-electron chi connectivity index (χ4n) is 4.89. The number of hydrogen-bond donors (Lipinski definition) is 5. The molecular formula is C36H34F7N5O7. The van der Waals surface area contributed by atoms with Crippen LogP contribution in [0.3, 0.4) is 0 Å². The van der Waals surface area contributed by atoms with Gasteiger partial charge in [0.1, 0.15) is 23.7 Å². The van der Waals surface area contributed by atoms with Gasteiger partial charge in [0.2, 0.25) is 0 Å². The fraction of sp³-hybridized carbons (Fsp3) is 0.250. The number of anilines is 2. The molecule has 12 nitrogen and oxygen atoms in total. The average molecular weight is 782 g/mol. The summed E-state index contributed by atoms with van der Waals surface area (Å²) < 4.78 is 86.9. The van der Waals surface area contributed by atoms with Crippen molar-refractivity contribution in [3.63, 3.8) is 0 Å². The fourth-order valence-corrected chi connectivity index (χ4v) is 4.89. The number of aryl methyl sites for hydroxylation is 1. The highest BCUT2D eigenvalue weighted by Crippen LogP contribution is 2.37. The first-order chi connectivity index (χ1) is 25.7. The van der Waals surface area contributed by atoms with E-state index < -0.39 is 48.2 Å². The molecule has 0 saturated carbocycles. The van der Waals surface area contributed by atoms with Crippen molar-refractivity contribution in [1.82, 2.24) is 14.5 Å². The van der Waals surface area contributed by atoms with Crippen LogP contribution in [0.4, 0.5) is 42.2 Å². The zero-order valence-corrected chi connectivity index (χ0v) is 29.1. The minimum absolute atomic E-state index is 0.138. The molecule has 2 aromatic heterocycles. The molecule has 2 atom stereocenters. The Hall–Kier alpha value is -6.40. The molecule has 0 aliphatic heterocycles. The minimum atomic E-state index is -5.08. The van der Waals surface area contributed by atoms with Crippen LogP contribution in [0.5, 0.6) is 5.75 Å². The monoisotopic (exact) mass is 781 g/mol. The molecule has 0 radical (unpaired) electrons. The maximum atomic E-state index is 16.2. The number of nitrogens with one attached hydrogen (secondary N) is 1. The standard InChI is InChI=1S/C32H32FN5O3.2C2HF3O2/c1-4-20-15-25(28(33)27(16-20)41-5-2)29(36-23-11-12-24-22(17-23)13-14-35-30(24)34)31-37-26(21-9-7-6-8-10-21)18-38(31)19(3)32(39)40;2*3-2(4,5)1(6)7/h6-19,29,36H,4-5H2,1-3H3,(H2,34,35)(H,39,40);2*(H,6,7). The van der Waals surface area contributed by atoms with E-state index in [0.29, 0.717) is 41.6 Å². The van der Waals surface area contributed by atoms with E-state index in [1.807, 2.05) is 61.5 Å². The molecule has 0 bridgehead atoms. The molecule has 55 heavy (non-hydrogen) atoms. The number of carbonyl (C=O) groups is 3. The molecule has 6 N–H and O–H groups in total. The number of nitrogen functional groups attached to an aromatic ring is 1. The Bertz CT molecular complexity index is 2100. The Morgan fingerprint density at radius 1 is 0.909 bits per heavy atom. The van der Waals surface area contributed by atoms with Gasteiger partial charge in [-0.25, -0.2) is 28.7 Å². The first-order valence-electron chi connectivity index (χ1n) is 16.0. The number of hydrogen-bond acceptors (Lipinski definition) is 8. The summed E-state index contributed by atoms with van der Waals surface area (Å²) in [5, 5.41) is 29.3. The number of imidazole rings is 1. The lowest BCUT2D eigenvalue weighted by Crippen LogP contribution is -2.24. The molecule has 294 valence electrons. The lowest BCUT2D eigenvalue weighted by molar-refractivity contribution is -0.193. The normalized spacial score (nSPS) is 12.3. The topological polar surface area (TPSA) is 190 Å². The first kappa shape index (κ1) is 43.0. The number of aromatic nitrogens is 3. The summed E-state index contributed by atoms with van der Waals surface area (Å²) in [6.45, 7) is 5.66. The number of ether oxygens (including phenoxy) is 1. The predicted octanol–water partition coefficient (Wildman–Crippen LogP) is 7.89. The quantitative estimate of drug-likeness (QED) is 0.0867. The number of fused-ring (bicyclic) bond motifs is 1. The van der Waals surface area contributed by atoms with E-state index in [1.54, 1.807) is 42.9 Å². The van der Waals surface area contributed by atoms with Crippen LogP contribution in [0, 0.1) is 5.82 Å². The number of alkyl halides is 6. The van der Waals surface area contributed by atoms with Gasteiger partial charge in [-0.3, -0.25) is 0 Å². The van der Waals surface area contributed by atoms with Gasteiger partial charge in [-0.05, 0) is 61.5 Å². The molecule has 0 spiro atoms. The lowest BCUT2D eigenvalue weighted by atomic mass is 9.99. The summed E-state index contributed by atoms with van der Waals surface area (Å²) in [5.41, 5.74) is 9.30. The number of benzene rings is 3. The summed E-state index contributed by atoms with van der Waals surface area (Å²) >= 11 is 0. The number of nitrogens with zero attached hydrogens (tertiary/aromatic N) is 3. The summed E-state index contributed by atoms with van der Waals surface area (Å²) in [7, 11) is 0. The van der Waals surface area contributed by atoms with E-state index in [4.69, 9.17) is 35.3 Å². The maximum absolute atomic E-state index is 16.2. The highest BCUT2D eigenvalue weighted by Gasteiger charge is 2.39. The van der Waals surface area contributed by atoms with Gasteiger partial charge in [0.05, 0.1) is 12.3 Å². The number of pyridine rings is 1. The van der Waals surface area contributed by atoms with E-state index in [0.717, 1.165) is 21.9 Å². The average Bonchev–Trinajstić information content (AvgIpc) is 3.56. The van der Waals surface area contributed by atoms with Crippen LogP contribution in [0.1, 0.15) is 49.8 Å². The number of carboxylic acids is 3. The Labute approximate surface area is 308 Å². The van der Waals surface area contributed by atoms with Crippen molar-refractivity contribution >= 4 is 40.2 Å². The third-order valence-corrected chi connectivity index (χ3v) is 7.60. The third kappa shape index (κ3) is 11.3. The summed E-state index contributed by atoms with van der Waals surface area (Å²) in [6, 6.07) is 18.6. The zero-order chi connectivity index (χ0) is 41.2. The second-order valence-electron chi connectivity index (χ2n) is 11.4. The lowest BCUT2D eigenvalue weighted by Gasteiger charge is -2.25. The predicted molar refractivity (Wildman–Crippen MR) is 186 cm³/mol. The SMILES string of the molecule is CCOc1cc(CC)cc(C(Nc2ccc3c(N)nccc3c2)c2nc(-c3ccccc3)cn2C(C)C(=O)O)c1F.O=C(O)C(F)(F)F.O=C(O)C(F)(F)F. The van der Waals surface area contributed by atoms with Crippen LogP contribution in [-0.2, 0) is 20.8 Å². The van der Waals surface area contributed by atoms with Crippen molar-refractivity contribution in [3.05, 3.63) is 102 Å². The Kier molecular flexibility index (Phi) is 14.1. The molecule has 0 fully saturated rings. The molecule has 0 aliphatic carbocycles. The number of aliphatic carboxylic acids is 3. The van der Waals surface area contributed by atoms with Gasteiger partial charge >= 0.3 is 30.3 Å². The number of rotatable bonds is 10. The number of nitrogens with two attached hydrogens (primary N) is 1. The Morgan fingerprint density at radius 2 is 1.51 bits per heavy atom. The van der Waals surface area contributed by atoms with E-state index in [2.05, 4.69) is 10.3 Å². The summed E-state index contributed by atoms with van der Waals surface area (Å²) in [4.78, 5) is 39.1. The van der Waals surface area contributed by atoms with Crippen LogP contribution in [-0.4, -0.2) is 66.7 Å². The Balaban J connectivity index is 0.000000494. The van der Waals surface area contributed by atoms with Crippen LogP contribution >= 0.6 is 0 Å². The highest BCUT2D eigenvalue weighted by atomic mass is 19.4. The molecule has 0 saturated heterocycles. The molecule has 5 aromatic rings. The third-order valence-electron chi connectivity index (χ3n) is 7.60. The van der Waals surface area contributed by atoms with Crippen LogP contribution in [0.2, 0.25) is 0 Å². The van der Waals surface area contributed by atoms with Crippen molar-refractivity contribution in [3.8, 4) is 17.0 Å². The first-order valence-corrected chi connectivity index (χ1v) is 16.0. The van der Waals surface area contributed by atoms with Gasteiger partial charge in [0.25, 0.3) is 0 Å². The van der Waals surface area contributed by atoms with Crippen molar-refractivity contribution in [2.24, 2.45) is 0 Å². The van der Waals surface area contributed by atoms with E-state index in [-0.39, 0.29) is 5.75 Å². The Morgan fingerprint density at radius 3 is 2.04 bits per heavy atom. The van der Waals surface area contributed by atoms with E-state index in [9.17, 15) is 36.2 Å². The van der Waals surface area contributed by atoms with Gasteiger partial charge in [0.15, 0.2) is 11.6 Å². The van der Waals surface area contributed by atoms with Gasteiger partial charge in [-0.1, -0.05) is 43.3 Å². The van der Waals surface area contributed by atoms with E-state index in [1.165, 1.54) is 0 Å². The number of halogens is 7. The zero-order valence-electron chi connectivity index (χ0n) is 29.1. The molecule has 2 unspecified atom stereocenters. The van der Waals surface area contributed by atoms with E-state index >= 15 is 4.39 Å². The molecule has 0 amide bonds. The minimum Gasteiger partial charge on any atom is -0.491 e.